The fourth-order valence-corrected chi connectivity index (χ4v) is 1.34. The Labute approximate surface area is 89.4 Å². The van der Waals surface area contributed by atoms with Crippen LogP contribution in [0.4, 0.5) is 4.79 Å². The summed E-state index contributed by atoms with van der Waals surface area (Å²) in [6, 6.07) is 9.24. The normalized spacial score (nSPS) is 13.9. The lowest BCUT2D eigenvalue weighted by molar-refractivity contribution is 0.146. The summed E-state index contributed by atoms with van der Waals surface area (Å²) in [5.41, 5.74) is 0.874. The average Bonchev–Trinajstić information content (AvgIpc) is 2.14. The quantitative estimate of drug-likeness (QED) is 0.789. The van der Waals surface area contributed by atoms with Gasteiger partial charge in [0.15, 0.2) is 0 Å². The molecule has 0 aromatic heterocycles. The van der Waals surface area contributed by atoms with Gasteiger partial charge in [0.2, 0.25) is 0 Å². The van der Waals surface area contributed by atoms with E-state index in [1.165, 1.54) is 6.26 Å². The van der Waals surface area contributed by atoms with Gasteiger partial charge in [-0.3, -0.25) is 0 Å². The highest BCUT2D eigenvalue weighted by atomic mass is 32.2. The highest BCUT2D eigenvalue weighted by Gasteiger charge is 2.04. The highest BCUT2D eigenvalue weighted by Crippen LogP contribution is 2.00. The summed E-state index contributed by atoms with van der Waals surface area (Å²) >= 11 is 0. The van der Waals surface area contributed by atoms with Gasteiger partial charge in [-0.15, -0.1) is 0 Å². The van der Waals surface area contributed by atoms with Gasteiger partial charge in [-0.1, -0.05) is 30.3 Å². The molecule has 1 unspecified atom stereocenters. The van der Waals surface area contributed by atoms with Crippen LogP contribution in [-0.4, -0.2) is 22.4 Å². The minimum absolute atomic E-state index is 0.155. The predicted octanol–water partition coefficient (Wildman–Crippen LogP) is 1.17. The van der Waals surface area contributed by atoms with E-state index in [0.29, 0.717) is 0 Å². The Kier molecular flexibility index (Phi) is 3.74. The molecule has 0 heterocycles. The molecule has 0 aliphatic rings. The molecular formula is C10H13NO3S. The lowest BCUT2D eigenvalue weighted by atomic mass is 10.2. The number of carbonyl (C=O) groups excluding carboxylic acids is 1. The molecule has 1 aromatic rings. The van der Waals surface area contributed by atoms with E-state index < -0.39 is 15.8 Å². The van der Waals surface area contributed by atoms with E-state index >= 15 is 0 Å². The monoisotopic (exact) mass is 227 g/mol. The van der Waals surface area contributed by atoms with Crippen LogP contribution in [0.15, 0.2) is 30.3 Å². The van der Waals surface area contributed by atoms with Crippen LogP contribution in [0.1, 0.15) is 5.56 Å². The van der Waals surface area contributed by atoms with E-state index in [0.717, 1.165) is 5.56 Å². The smallest absolute Gasteiger partial charge is 0.418 e. The van der Waals surface area contributed by atoms with Crippen molar-refractivity contribution >= 4 is 21.7 Å². The summed E-state index contributed by atoms with van der Waals surface area (Å²) in [7, 11) is -2.55. The zero-order chi connectivity index (χ0) is 11.3. The largest absolute Gasteiger partial charge is 0.444 e. The third-order valence-corrected chi connectivity index (χ3v) is 2.11. The standard InChI is InChI=1S/C10H13NO3S/c1-15(2,13)11-10(12)14-8-9-6-4-3-5-7-9/h3-7H,1,8H2,2H3,(H,11,12,13). The summed E-state index contributed by atoms with van der Waals surface area (Å²) in [6.07, 6.45) is 0.609. The van der Waals surface area contributed by atoms with E-state index in [2.05, 4.69) is 10.6 Å². The van der Waals surface area contributed by atoms with Crippen molar-refractivity contribution in [2.75, 3.05) is 6.26 Å². The van der Waals surface area contributed by atoms with Crippen molar-refractivity contribution in [3.8, 4) is 0 Å². The van der Waals surface area contributed by atoms with Gasteiger partial charge in [-0.2, -0.15) is 0 Å². The third kappa shape index (κ3) is 5.07. The van der Waals surface area contributed by atoms with Crippen molar-refractivity contribution in [3.63, 3.8) is 0 Å². The molecule has 82 valence electrons. The molecular weight excluding hydrogens is 214 g/mol. The van der Waals surface area contributed by atoms with Crippen LogP contribution < -0.4 is 4.72 Å². The molecule has 1 rings (SSSR count). The molecule has 15 heavy (non-hydrogen) atoms. The Hall–Kier alpha value is -1.49. The van der Waals surface area contributed by atoms with Crippen LogP contribution in [0.3, 0.4) is 0 Å². The maximum absolute atomic E-state index is 11.1. The maximum atomic E-state index is 11.1. The van der Waals surface area contributed by atoms with Crippen molar-refractivity contribution in [1.29, 1.82) is 0 Å². The molecule has 0 bridgehead atoms. The van der Waals surface area contributed by atoms with Crippen LogP contribution >= 0.6 is 0 Å². The maximum Gasteiger partial charge on any atom is 0.418 e. The summed E-state index contributed by atoms with van der Waals surface area (Å²) in [6.45, 7) is 0.155. The number of hydrogen-bond donors (Lipinski definition) is 1. The second-order valence-corrected chi connectivity index (χ2v) is 5.38. The Bertz CT molecular complexity index is 425. The van der Waals surface area contributed by atoms with Gasteiger partial charge < -0.3 is 4.74 Å². The van der Waals surface area contributed by atoms with Crippen molar-refractivity contribution < 1.29 is 13.7 Å². The van der Waals surface area contributed by atoms with Crippen LogP contribution in [0.2, 0.25) is 0 Å². The number of amides is 1. The molecule has 1 amide bonds. The molecule has 0 radical (unpaired) electrons. The first kappa shape index (κ1) is 11.6. The number of nitrogens with one attached hydrogen (secondary N) is 1. The number of benzene rings is 1. The first-order valence-electron chi connectivity index (χ1n) is 4.28. The van der Waals surface area contributed by atoms with Crippen molar-refractivity contribution in [2.24, 2.45) is 0 Å². The van der Waals surface area contributed by atoms with Crippen LogP contribution in [0.25, 0.3) is 0 Å². The first-order chi connectivity index (χ1) is 6.97. The van der Waals surface area contributed by atoms with Crippen LogP contribution in [0.5, 0.6) is 0 Å². The average molecular weight is 227 g/mol. The number of hydrogen-bond acceptors (Lipinski definition) is 3. The molecule has 0 saturated heterocycles. The Morgan fingerprint density at radius 1 is 1.47 bits per heavy atom. The molecule has 0 spiro atoms. The van der Waals surface area contributed by atoms with Gasteiger partial charge in [0.25, 0.3) is 0 Å². The van der Waals surface area contributed by atoms with Crippen molar-refractivity contribution in [2.45, 2.75) is 6.61 Å². The Morgan fingerprint density at radius 3 is 2.60 bits per heavy atom. The van der Waals surface area contributed by atoms with Crippen molar-refractivity contribution in [3.05, 3.63) is 35.9 Å². The van der Waals surface area contributed by atoms with E-state index in [1.807, 2.05) is 30.3 Å². The first-order valence-corrected chi connectivity index (χ1v) is 6.41. The lowest BCUT2D eigenvalue weighted by Gasteiger charge is -2.07. The molecule has 1 atom stereocenters. The molecule has 5 heteroatoms. The van der Waals surface area contributed by atoms with Gasteiger partial charge in [0.05, 0.1) is 0 Å². The SMILES string of the molecule is C=S(C)(=O)NC(=O)OCc1ccccc1. The van der Waals surface area contributed by atoms with Gasteiger partial charge in [-0.25, -0.2) is 13.7 Å². The zero-order valence-electron chi connectivity index (χ0n) is 8.43. The summed E-state index contributed by atoms with van der Waals surface area (Å²) in [5, 5.41) is 0. The number of ether oxygens (including phenoxy) is 1. The molecule has 0 aliphatic heterocycles. The molecule has 0 fully saturated rings. The zero-order valence-corrected chi connectivity index (χ0v) is 9.25. The van der Waals surface area contributed by atoms with Gasteiger partial charge in [-0.05, 0) is 11.4 Å². The van der Waals surface area contributed by atoms with Crippen LogP contribution in [0, 0.1) is 0 Å². The number of rotatable bonds is 3. The highest BCUT2D eigenvalue weighted by molar-refractivity contribution is 7.98. The lowest BCUT2D eigenvalue weighted by Crippen LogP contribution is -2.29. The Morgan fingerprint density at radius 2 is 2.07 bits per heavy atom. The van der Waals surface area contributed by atoms with Gasteiger partial charge in [0, 0.05) is 16.0 Å². The van der Waals surface area contributed by atoms with Gasteiger partial charge >= 0.3 is 6.09 Å². The van der Waals surface area contributed by atoms with Crippen LogP contribution in [-0.2, 0) is 21.1 Å². The molecule has 0 saturated carbocycles. The minimum Gasteiger partial charge on any atom is -0.444 e. The summed E-state index contributed by atoms with van der Waals surface area (Å²) < 4.78 is 18.1. The fourth-order valence-electron chi connectivity index (χ4n) is 0.929. The second-order valence-electron chi connectivity index (χ2n) is 3.17. The van der Waals surface area contributed by atoms with Crippen molar-refractivity contribution in [1.82, 2.24) is 4.72 Å². The van der Waals surface area contributed by atoms with E-state index in [-0.39, 0.29) is 6.61 Å². The molecule has 4 nitrogen and oxygen atoms in total. The Balaban J connectivity index is 2.42. The summed E-state index contributed by atoms with van der Waals surface area (Å²) in [5.74, 6) is 3.28. The van der Waals surface area contributed by atoms with E-state index in [4.69, 9.17) is 4.74 Å². The van der Waals surface area contributed by atoms with E-state index in [1.54, 1.807) is 0 Å². The minimum atomic E-state index is -2.55. The fraction of sp³-hybridized carbons (Fsp3) is 0.200. The summed E-state index contributed by atoms with van der Waals surface area (Å²) in [4.78, 5) is 11.1. The topological polar surface area (TPSA) is 55.4 Å². The second kappa shape index (κ2) is 4.84. The van der Waals surface area contributed by atoms with E-state index in [9.17, 15) is 9.00 Å². The molecule has 1 N–H and O–H groups in total. The third-order valence-electron chi connectivity index (χ3n) is 1.51. The van der Waals surface area contributed by atoms with Gasteiger partial charge in [0.1, 0.15) is 6.61 Å². The predicted molar refractivity (Wildman–Crippen MR) is 61.0 cm³/mol. The number of carbonyl (C=O) groups is 1. The molecule has 0 aliphatic carbocycles. The molecule has 1 aromatic carbocycles.